The van der Waals surface area contributed by atoms with Gasteiger partial charge < -0.3 is 14.8 Å². The molecule has 1 fully saturated rings. The summed E-state index contributed by atoms with van der Waals surface area (Å²) in [6.45, 7) is 3.95. The topological polar surface area (TPSA) is 67.9 Å². The number of carbonyl (C=O) groups excluding carboxylic acids is 2. The Hall–Kier alpha value is -2.24. The van der Waals surface area contributed by atoms with Crippen LogP contribution in [0.15, 0.2) is 18.2 Å². The van der Waals surface area contributed by atoms with Gasteiger partial charge in [0.1, 0.15) is 6.04 Å². The molecule has 3 rings (SSSR count). The highest BCUT2D eigenvalue weighted by Gasteiger charge is 2.40. The Morgan fingerprint density at radius 1 is 1.26 bits per heavy atom. The Morgan fingerprint density at radius 2 is 2.00 bits per heavy atom. The highest BCUT2D eigenvalue weighted by atomic mass is 16.7. The fraction of sp³-hybridized carbons (Fsp3) is 0.385. The van der Waals surface area contributed by atoms with Gasteiger partial charge in [0.05, 0.1) is 5.69 Å². The summed E-state index contributed by atoms with van der Waals surface area (Å²) in [4.78, 5) is 25.3. The van der Waals surface area contributed by atoms with E-state index >= 15 is 0 Å². The first-order valence-electron chi connectivity index (χ1n) is 6.12. The predicted octanol–water partition coefficient (Wildman–Crippen LogP) is 1.50. The van der Waals surface area contributed by atoms with E-state index in [0.29, 0.717) is 17.2 Å². The molecule has 1 atom stereocenters. The van der Waals surface area contributed by atoms with Crippen LogP contribution in [0.5, 0.6) is 11.5 Å². The van der Waals surface area contributed by atoms with E-state index < -0.39 is 12.1 Å². The number of nitrogens with zero attached hydrogens (tertiary/aromatic N) is 1. The van der Waals surface area contributed by atoms with Crippen molar-refractivity contribution in [1.82, 2.24) is 5.32 Å². The van der Waals surface area contributed by atoms with Crippen LogP contribution in [0, 0.1) is 5.92 Å². The van der Waals surface area contributed by atoms with E-state index in [4.69, 9.17) is 9.47 Å². The van der Waals surface area contributed by atoms with E-state index in [9.17, 15) is 9.59 Å². The lowest BCUT2D eigenvalue weighted by molar-refractivity contribution is -0.119. The number of benzene rings is 1. The van der Waals surface area contributed by atoms with Crippen molar-refractivity contribution < 1.29 is 19.1 Å². The minimum absolute atomic E-state index is 0.0514. The summed E-state index contributed by atoms with van der Waals surface area (Å²) >= 11 is 0. The number of anilines is 1. The van der Waals surface area contributed by atoms with Crippen LogP contribution >= 0.6 is 0 Å². The fourth-order valence-electron chi connectivity index (χ4n) is 2.22. The third-order valence-corrected chi connectivity index (χ3v) is 3.25. The highest BCUT2D eigenvalue weighted by molar-refractivity contribution is 6.21. The third-order valence-electron chi connectivity index (χ3n) is 3.25. The maximum Gasteiger partial charge on any atom is 0.329 e. The molecule has 100 valence electrons. The summed E-state index contributed by atoms with van der Waals surface area (Å²) in [5.74, 6) is 0.983. The second-order valence-electron chi connectivity index (χ2n) is 4.88. The molecular weight excluding hydrogens is 248 g/mol. The summed E-state index contributed by atoms with van der Waals surface area (Å²) < 4.78 is 10.5. The average Bonchev–Trinajstić information content (AvgIpc) is 2.93. The Labute approximate surface area is 110 Å². The zero-order chi connectivity index (χ0) is 13.6. The van der Waals surface area contributed by atoms with Crippen LogP contribution in [0.1, 0.15) is 13.8 Å². The van der Waals surface area contributed by atoms with Gasteiger partial charge in [-0.3, -0.25) is 4.79 Å². The summed E-state index contributed by atoms with van der Waals surface area (Å²) in [5, 5.41) is 2.68. The molecule has 0 bridgehead atoms. The maximum atomic E-state index is 12.2. The van der Waals surface area contributed by atoms with Crippen LogP contribution in [0.2, 0.25) is 0 Å². The number of hydrogen-bond donors (Lipinski definition) is 1. The van der Waals surface area contributed by atoms with Crippen molar-refractivity contribution in [2.75, 3.05) is 11.7 Å². The standard InChI is InChI=1S/C13H14N2O4/c1-7(2)11-12(16)15(13(17)14-11)8-3-4-9-10(5-8)19-6-18-9/h3-5,7,11H,6H2,1-2H3,(H,14,17)/t11-/m1/s1. The molecule has 6 nitrogen and oxygen atoms in total. The molecule has 1 aromatic carbocycles. The summed E-state index contributed by atoms with van der Waals surface area (Å²) in [5.41, 5.74) is 0.495. The van der Waals surface area contributed by atoms with Crippen LogP contribution in [0.3, 0.4) is 0 Å². The monoisotopic (exact) mass is 262 g/mol. The largest absolute Gasteiger partial charge is 0.454 e. The van der Waals surface area contributed by atoms with Crippen LogP contribution < -0.4 is 19.7 Å². The van der Waals surface area contributed by atoms with Gasteiger partial charge in [-0.1, -0.05) is 13.8 Å². The van der Waals surface area contributed by atoms with Gasteiger partial charge in [-0.15, -0.1) is 0 Å². The van der Waals surface area contributed by atoms with E-state index in [-0.39, 0.29) is 18.6 Å². The maximum absolute atomic E-state index is 12.2. The van der Waals surface area contributed by atoms with Gasteiger partial charge in [-0.25, -0.2) is 9.69 Å². The lowest BCUT2D eigenvalue weighted by Gasteiger charge is -2.14. The van der Waals surface area contributed by atoms with E-state index in [2.05, 4.69) is 5.32 Å². The van der Waals surface area contributed by atoms with E-state index in [1.165, 1.54) is 0 Å². The van der Waals surface area contributed by atoms with Crippen molar-refractivity contribution in [3.8, 4) is 11.5 Å². The Bertz CT molecular complexity index is 556. The number of carbonyl (C=O) groups is 2. The minimum atomic E-state index is -0.474. The smallest absolute Gasteiger partial charge is 0.329 e. The zero-order valence-corrected chi connectivity index (χ0v) is 10.7. The predicted molar refractivity (Wildman–Crippen MR) is 67.2 cm³/mol. The number of nitrogens with one attached hydrogen (secondary N) is 1. The molecule has 2 aliphatic rings. The molecule has 6 heteroatoms. The Morgan fingerprint density at radius 3 is 2.68 bits per heavy atom. The fourth-order valence-corrected chi connectivity index (χ4v) is 2.22. The molecule has 19 heavy (non-hydrogen) atoms. The van der Waals surface area contributed by atoms with Gasteiger partial charge in [0, 0.05) is 6.07 Å². The van der Waals surface area contributed by atoms with E-state index in [0.717, 1.165) is 4.90 Å². The second-order valence-corrected chi connectivity index (χ2v) is 4.88. The van der Waals surface area contributed by atoms with E-state index in [1.54, 1.807) is 18.2 Å². The van der Waals surface area contributed by atoms with Gasteiger partial charge in [-0.05, 0) is 18.1 Å². The van der Waals surface area contributed by atoms with Gasteiger partial charge in [0.2, 0.25) is 6.79 Å². The van der Waals surface area contributed by atoms with Crippen LogP contribution in [-0.2, 0) is 4.79 Å². The molecule has 0 aliphatic carbocycles. The number of ether oxygens (including phenoxy) is 2. The normalized spacial score (nSPS) is 21.2. The molecule has 2 aliphatic heterocycles. The SMILES string of the molecule is CC(C)[C@H]1NC(=O)N(c2ccc3c(c2)OCO3)C1=O. The zero-order valence-electron chi connectivity index (χ0n) is 10.7. The molecule has 0 radical (unpaired) electrons. The van der Waals surface area contributed by atoms with Crippen molar-refractivity contribution in [2.24, 2.45) is 5.92 Å². The molecule has 3 amide bonds. The number of amides is 3. The molecule has 0 spiro atoms. The first-order valence-corrected chi connectivity index (χ1v) is 6.12. The summed E-state index contributed by atoms with van der Waals surface area (Å²) in [6.07, 6.45) is 0. The number of imide groups is 1. The van der Waals surface area contributed by atoms with Crippen LogP contribution in [0.4, 0.5) is 10.5 Å². The molecule has 0 saturated carbocycles. The van der Waals surface area contributed by atoms with Gasteiger partial charge in [0.25, 0.3) is 5.91 Å². The van der Waals surface area contributed by atoms with Crippen molar-refractivity contribution in [1.29, 1.82) is 0 Å². The Balaban J connectivity index is 1.94. The molecule has 1 aromatic rings. The van der Waals surface area contributed by atoms with Crippen molar-refractivity contribution in [2.45, 2.75) is 19.9 Å². The van der Waals surface area contributed by atoms with Gasteiger partial charge >= 0.3 is 6.03 Å². The van der Waals surface area contributed by atoms with Gasteiger partial charge in [-0.2, -0.15) is 0 Å². The highest BCUT2D eigenvalue weighted by Crippen LogP contribution is 2.36. The van der Waals surface area contributed by atoms with Crippen LogP contribution in [-0.4, -0.2) is 24.8 Å². The molecule has 0 unspecified atom stereocenters. The molecule has 0 aromatic heterocycles. The average molecular weight is 262 g/mol. The molecule has 1 N–H and O–H groups in total. The van der Waals surface area contributed by atoms with Crippen molar-refractivity contribution in [3.05, 3.63) is 18.2 Å². The van der Waals surface area contributed by atoms with Crippen molar-refractivity contribution in [3.63, 3.8) is 0 Å². The summed E-state index contributed by atoms with van der Waals surface area (Å²) in [7, 11) is 0. The second kappa shape index (κ2) is 4.15. The lowest BCUT2D eigenvalue weighted by Crippen LogP contribution is -2.34. The third kappa shape index (κ3) is 1.80. The summed E-state index contributed by atoms with van der Waals surface area (Å²) in [6, 6.07) is 4.14. The molecule has 1 saturated heterocycles. The van der Waals surface area contributed by atoms with E-state index in [1.807, 2.05) is 13.8 Å². The quantitative estimate of drug-likeness (QED) is 0.820. The molecular formula is C13H14N2O4. The van der Waals surface area contributed by atoms with Crippen LogP contribution in [0.25, 0.3) is 0 Å². The Kier molecular flexibility index (Phi) is 2.58. The number of rotatable bonds is 2. The van der Waals surface area contributed by atoms with Crippen molar-refractivity contribution >= 4 is 17.6 Å². The number of hydrogen-bond acceptors (Lipinski definition) is 4. The molecule has 2 heterocycles. The number of fused-ring (bicyclic) bond motifs is 1. The first kappa shape index (κ1) is 11.8. The number of urea groups is 1. The lowest BCUT2D eigenvalue weighted by atomic mass is 10.0. The minimum Gasteiger partial charge on any atom is -0.454 e. The first-order chi connectivity index (χ1) is 9.08. The van der Waals surface area contributed by atoms with Gasteiger partial charge in [0.15, 0.2) is 11.5 Å².